The topological polar surface area (TPSA) is 32.5 Å². The summed E-state index contributed by atoms with van der Waals surface area (Å²) >= 11 is 11.2. The molecule has 1 heterocycles. The fourth-order valence-corrected chi connectivity index (χ4v) is 3.15. The van der Waals surface area contributed by atoms with Crippen LogP contribution in [0.3, 0.4) is 0 Å². The van der Waals surface area contributed by atoms with Gasteiger partial charge in [0.25, 0.3) is 0 Å². The van der Waals surface area contributed by atoms with Gasteiger partial charge in [-0.05, 0) is 37.0 Å². The predicted octanol–water partition coefficient (Wildman–Crippen LogP) is 2.51. The number of hydrogen-bond donors (Lipinski definition) is 1. The lowest BCUT2D eigenvalue weighted by Crippen LogP contribution is -2.47. The molecule has 2 fully saturated rings. The van der Waals surface area contributed by atoms with Crippen molar-refractivity contribution in [3.63, 3.8) is 0 Å². The number of piperazine rings is 1. The summed E-state index contributed by atoms with van der Waals surface area (Å²) in [4.78, 5) is 5.36. The summed E-state index contributed by atoms with van der Waals surface area (Å²) in [6.45, 7) is 5.58. The van der Waals surface area contributed by atoms with Crippen molar-refractivity contribution >= 4 is 34.5 Å². The van der Waals surface area contributed by atoms with Gasteiger partial charge >= 0.3 is 0 Å². The first-order valence-electron chi connectivity index (χ1n) is 7.20. The Balaban J connectivity index is 1.69. The van der Waals surface area contributed by atoms with Crippen LogP contribution in [0.15, 0.2) is 18.2 Å². The molecule has 1 aliphatic heterocycles. The molecule has 108 valence electrons. The molecule has 2 N–H and O–H groups in total. The van der Waals surface area contributed by atoms with E-state index in [4.69, 9.17) is 29.6 Å². The van der Waals surface area contributed by atoms with Gasteiger partial charge in [-0.3, -0.25) is 4.90 Å². The third-order valence-electron chi connectivity index (χ3n) is 4.15. The molecule has 1 saturated carbocycles. The van der Waals surface area contributed by atoms with Crippen molar-refractivity contribution < 1.29 is 0 Å². The lowest BCUT2D eigenvalue weighted by Gasteiger charge is -2.37. The van der Waals surface area contributed by atoms with Crippen molar-refractivity contribution in [3.05, 3.63) is 28.8 Å². The Bertz CT molecular complexity index is 508. The van der Waals surface area contributed by atoms with Crippen LogP contribution in [0.5, 0.6) is 0 Å². The summed E-state index contributed by atoms with van der Waals surface area (Å²) in [5.41, 5.74) is 7.84. The van der Waals surface area contributed by atoms with Gasteiger partial charge < -0.3 is 10.6 Å². The van der Waals surface area contributed by atoms with E-state index in [-0.39, 0.29) is 0 Å². The fraction of sp³-hybridized carbons (Fsp3) is 0.533. The number of halogens is 1. The summed E-state index contributed by atoms with van der Waals surface area (Å²) in [6.07, 6.45) is 2.84. The molecule has 3 rings (SSSR count). The highest BCUT2D eigenvalue weighted by molar-refractivity contribution is 7.80. The second-order valence-corrected chi connectivity index (χ2v) is 6.63. The molecule has 2 aliphatic rings. The lowest BCUT2D eigenvalue weighted by atomic mass is 10.1. The highest BCUT2D eigenvalue weighted by Crippen LogP contribution is 2.31. The Morgan fingerprint density at radius 3 is 2.55 bits per heavy atom. The first kappa shape index (κ1) is 14.1. The van der Waals surface area contributed by atoms with Crippen LogP contribution >= 0.6 is 23.8 Å². The second kappa shape index (κ2) is 5.88. The van der Waals surface area contributed by atoms with Gasteiger partial charge in [0.1, 0.15) is 4.99 Å². The molecule has 0 spiro atoms. The molecule has 1 aromatic carbocycles. The zero-order valence-electron chi connectivity index (χ0n) is 11.5. The fourth-order valence-electron chi connectivity index (χ4n) is 2.82. The van der Waals surface area contributed by atoms with E-state index >= 15 is 0 Å². The monoisotopic (exact) mass is 309 g/mol. The van der Waals surface area contributed by atoms with E-state index in [9.17, 15) is 0 Å². The van der Waals surface area contributed by atoms with Gasteiger partial charge in [-0.1, -0.05) is 23.8 Å². The van der Waals surface area contributed by atoms with Gasteiger partial charge in [0.05, 0.1) is 0 Å². The van der Waals surface area contributed by atoms with Gasteiger partial charge in [-0.2, -0.15) is 0 Å². The molecule has 3 nitrogen and oxygen atoms in total. The number of nitrogens with two attached hydrogens (primary N) is 1. The van der Waals surface area contributed by atoms with Gasteiger partial charge in [0, 0.05) is 49.0 Å². The highest BCUT2D eigenvalue weighted by Gasteiger charge is 2.27. The van der Waals surface area contributed by atoms with Crippen LogP contribution in [-0.4, -0.2) is 42.6 Å². The maximum atomic E-state index is 6.05. The molecule has 0 bridgehead atoms. The Morgan fingerprint density at radius 1 is 1.25 bits per heavy atom. The Morgan fingerprint density at radius 2 is 1.95 bits per heavy atom. The molecule has 0 atom stereocenters. The first-order chi connectivity index (χ1) is 9.63. The maximum Gasteiger partial charge on any atom is 0.106 e. The molecule has 1 aromatic rings. The number of benzene rings is 1. The van der Waals surface area contributed by atoms with Crippen LogP contribution in [0.25, 0.3) is 0 Å². The van der Waals surface area contributed by atoms with Gasteiger partial charge in [-0.15, -0.1) is 0 Å². The van der Waals surface area contributed by atoms with E-state index in [1.165, 1.54) is 19.4 Å². The third kappa shape index (κ3) is 3.25. The van der Waals surface area contributed by atoms with E-state index in [2.05, 4.69) is 9.80 Å². The SMILES string of the molecule is NC(=S)c1cc(Cl)ccc1N1CCN(CC2CC2)CC1. The van der Waals surface area contributed by atoms with Crippen molar-refractivity contribution in [2.75, 3.05) is 37.6 Å². The van der Waals surface area contributed by atoms with Crippen molar-refractivity contribution in [1.82, 2.24) is 4.90 Å². The zero-order valence-corrected chi connectivity index (χ0v) is 13.1. The van der Waals surface area contributed by atoms with Gasteiger partial charge in [-0.25, -0.2) is 0 Å². The van der Waals surface area contributed by atoms with Crippen molar-refractivity contribution in [2.24, 2.45) is 11.7 Å². The number of rotatable bonds is 4. The number of nitrogens with zero attached hydrogens (tertiary/aromatic N) is 2. The summed E-state index contributed by atoms with van der Waals surface area (Å²) in [5.74, 6) is 0.962. The number of hydrogen-bond acceptors (Lipinski definition) is 3. The van der Waals surface area contributed by atoms with E-state index in [0.717, 1.165) is 43.3 Å². The van der Waals surface area contributed by atoms with Crippen molar-refractivity contribution in [3.8, 4) is 0 Å². The molecule has 0 aromatic heterocycles. The van der Waals surface area contributed by atoms with Crippen LogP contribution in [0.4, 0.5) is 5.69 Å². The van der Waals surface area contributed by atoms with Crippen LogP contribution in [0.1, 0.15) is 18.4 Å². The standard InChI is InChI=1S/C15H20ClN3S/c16-12-3-4-14(13(9-12)15(17)20)19-7-5-18(6-8-19)10-11-1-2-11/h3-4,9,11H,1-2,5-8,10H2,(H2,17,20). The lowest BCUT2D eigenvalue weighted by molar-refractivity contribution is 0.248. The Hall–Kier alpha value is -0.840. The molecule has 20 heavy (non-hydrogen) atoms. The number of anilines is 1. The minimum Gasteiger partial charge on any atom is -0.389 e. The van der Waals surface area contributed by atoms with Crippen LogP contribution in [0, 0.1) is 5.92 Å². The summed E-state index contributed by atoms with van der Waals surface area (Å²) in [7, 11) is 0. The molecule has 5 heteroatoms. The second-order valence-electron chi connectivity index (χ2n) is 5.76. The van der Waals surface area contributed by atoms with Crippen LogP contribution < -0.4 is 10.6 Å². The Kier molecular flexibility index (Phi) is 4.15. The maximum absolute atomic E-state index is 6.05. The third-order valence-corrected chi connectivity index (χ3v) is 4.61. The average Bonchev–Trinajstić information content (AvgIpc) is 3.24. The van der Waals surface area contributed by atoms with Crippen LogP contribution in [0.2, 0.25) is 5.02 Å². The molecule has 1 saturated heterocycles. The van der Waals surface area contributed by atoms with Crippen LogP contribution in [-0.2, 0) is 0 Å². The summed E-state index contributed by atoms with van der Waals surface area (Å²) in [5, 5.41) is 0.684. The Labute approximate surface area is 130 Å². The smallest absolute Gasteiger partial charge is 0.106 e. The molecule has 0 unspecified atom stereocenters. The quantitative estimate of drug-likeness (QED) is 0.866. The summed E-state index contributed by atoms with van der Waals surface area (Å²) < 4.78 is 0. The summed E-state index contributed by atoms with van der Waals surface area (Å²) in [6, 6.07) is 5.82. The molecular weight excluding hydrogens is 290 g/mol. The zero-order chi connectivity index (χ0) is 14.1. The van der Waals surface area contributed by atoms with E-state index < -0.39 is 0 Å². The molecule has 0 amide bonds. The number of thiocarbonyl (C=S) groups is 1. The average molecular weight is 310 g/mol. The molecular formula is C15H20ClN3S. The van der Waals surface area contributed by atoms with Crippen molar-refractivity contribution in [1.29, 1.82) is 0 Å². The highest BCUT2D eigenvalue weighted by atomic mass is 35.5. The van der Waals surface area contributed by atoms with E-state index in [1.54, 1.807) is 0 Å². The van der Waals surface area contributed by atoms with E-state index in [0.29, 0.717) is 10.0 Å². The minimum absolute atomic E-state index is 0.419. The van der Waals surface area contributed by atoms with Gasteiger partial charge in [0.15, 0.2) is 0 Å². The molecule has 0 radical (unpaired) electrons. The van der Waals surface area contributed by atoms with Crippen molar-refractivity contribution in [2.45, 2.75) is 12.8 Å². The van der Waals surface area contributed by atoms with Gasteiger partial charge in [0.2, 0.25) is 0 Å². The predicted molar refractivity (Wildman–Crippen MR) is 88.7 cm³/mol. The molecule has 1 aliphatic carbocycles. The van der Waals surface area contributed by atoms with E-state index in [1.807, 2.05) is 18.2 Å². The largest absolute Gasteiger partial charge is 0.389 e. The first-order valence-corrected chi connectivity index (χ1v) is 7.99. The normalized spacial score (nSPS) is 20.1. The minimum atomic E-state index is 0.419.